The molecular weight excluding hydrogens is 808 g/mol. The smallest absolute Gasteiger partial charge is 0.333 e. The molecule has 67 heavy (non-hydrogen) atoms. The third-order valence-corrected chi connectivity index (χ3v) is 15.5. The number of hydrogen-bond donors (Lipinski definition) is 0. The van der Waals surface area contributed by atoms with E-state index in [4.69, 9.17) is 0 Å². The van der Waals surface area contributed by atoms with Gasteiger partial charge in [0.2, 0.25) is 0 Å². The van der Waals surface area contributed by atoms with Gasteiger partial charge >= 0.3 is 6.85 Å². The SMILES string of the molecule is CC1(C)c2ccccc2-c2cccc(N3B4c5cccc6c5N(c5ccccc5C6(c5ccccc5)c5ccccc5)c5cc(-c6ccccc6)cc(c54)-c4ccc(-c5ccccc5)cc43)c21. The summed E-state index contributed by atoms with van der Waals surface area (Å²) in [4.78, 5) is 5.39. The minimum atomic E-state index is -0.603. The average Bonchev–Trinajstić information content (AvgIpc) is 3.63. The summed E-state index contributed by atoms with van der Waals surface area (Å²) in [5, 5.41) is 0. The minimum absolute atomic E-state index is 0.167. The van der Waals surface area contributed by atoms with Crippen LogP contribution in [0.2, 0.25) is 0 Å². The Kier molecular flexibility index (Phi) is 8.08. The van der Waals surface area contributed by atoms with Crippen LogP contribution in [0, 0.1) is 0 Å². The molecule has 0 radical (unpaired) electrons. The van der Waals surface area contributed by atoms with Crippen molar-refractivity contribution in [2.75, 3.05) is 9.71 Å². The van der Waals surface area contributed by atoms with Gasteiger partial charge in [-0.3, -0.25) is 0 Å². The second-order valence-electron chi connectivity index (χ2n) is 19.1. The lowest BCUT2D eigenvalue weighted by Crippen LogP contribution is -2.63. The molecule has 0 spiro atoms. The molecule has 14 rings (SSSR count). The Bertz CT molecular complexity index is 3580. The van der Waals surface area contributed by atoms with Crippen LogP contribution in [-0.2, 0) is 10.8 Å². The third-order valence-electron chi connectivity index (χ3n) is 15.5. The summed E-state index contributed by atoms with van der Waals surface area (Å²) < 4.78 is 0. The van der Waals surface area contributed by atoms with E-state index >= 15 is 0 Å². The first-order valence-corrected chi connectivity index (χ1v) is 23.6. The Labute approximate surface area is 393 Å². The van der Waals surface area contributed by atoms with Gasteiger partial charge < -0.3 is 9.71 Å². The lowest BCUT2D eigenvalue weighted by molar-refractivity contribution is 0.661. The number of para-hydroxylation sites is 2. The highest BCUT2D eigenvalue weighted by Crippen LogP contribution is 2.61. The zero-order valence-electron chi connectivity index (χ0n) is 37.5. The molecule has 3 aliphatic heterocycles. The zero-order valence-corrected chi connectivity index (χ0v) is 37.5. The van der Waals surface area contributed by atoms with E-state index in [9.17, 15) is 0 Å². The summed E-state index contributed by atoms with van der Waals surface area (Å²) in [6.07, 6.45) is 0. The van der Waals surface area contributed by atoms with Crippen molar-refractivity contribution in [2.45, 2.75) is 24.7 Å². The van der Waals surface area contributed by atoms with Crippen LogP contribution in [0.4, 0.5) is 28.4 Å². The molecule has 0 saturated carbocycles. The van der Waals surface area contributed by atoms with Crippen molar-refractivity contribution in [3.63, 3.8) is 0 Å². The van der Waals surface area contributed by atoms with Crippen molar-refractivity contribution in [1.82, 2.24) is 0 Å². The van der Waals surface area contributed by atoms with E-state index in [0.29, 0.717) is 0 Å². The topological polar surface area (TPSA) is 6.48 Å². The second kappa shape index (κ2) is 14.2. The highest BCUT2D eigenvalue weighted by atomic mass is 15.2. The fourth-order valence-corrected chi connectivity index (χ4v) is 12.8. The van der Waals surface area contributed by atoms with E-state index in [-0.39, 0.29) is 12.3 Å². The van der Waals surface area contributed by atoms with Crippen LogP contribution in [0.3, 0.4) is 0 Å². The van der Waals surface area contributed by atoms with Crippen molar-refractivity contribution >= 4 is 46.2 Å². The van der Waals surface area contributed by atoms with E-state index < -0.39 is 5.41 Å². The molecule has 0 unspecified atom stereocenters. The fourth-order valence-electron chi connectivity index (χ4n) is 12.8. The molecule has 0 bridgehead atoms. The molecule has 0 amide bonds. The van der Waals surface area contributed by atoms with Crippen LogP contribution in [0.5, 0.6) is 0 Å². The Morgan fingerprint density at radius 1 is 0.358 bits per heavy atom. The average molecular weight is 853 g/mol. The zero-order chi connectivity index (χ0) is 44.4. The van der Waals surface area contributed by atoms with Gasteiger partial charge in [0.15, 0.2) is 0 Å². The molecule has 4 aliphatic rings. The van der Waals surface area contributed by atoms with Crippen LogP contribution in [0.1, 0.15) is 47.2 Å². The van der Waals surface area contributed by atoms with Gasteiger partial charge in [0.05, 0.1) is 11.1 Å². The van der Waals surface area contributed by atoms with Gasteiger partial charge in [-0.05, 0) is 114 Å². The molecule has 10 aromatic rings. The standard InChI is InChI=1S/C64H45BN2/c1-63(2)52-31-16-15-29-48(52)50-30-19-36-57(60(50)63)67-58-40-44(42-21-7-3-8-22-42)37-38-49(58)51-39-45(43-23-9-4-10-24-43)41-59-61(51)65(67)55-34-20-33-54-62(55)66(59)56-35-18-17-32-53(56)64(54,46-25-11-5-12-26-46)47-27-13-6-14-28-47/h3-41H,1-2H3. The van der Waals surface area contributed by atoms with Gasteiger partial charge in [-0.25, -0.2) is 0 Å². The molecule has 3 heteroatoms. The Balaban J connectivity index is 1.15. The molecule has 0 saturated heterocycles. The van der Waals surface area contributed by atoms with Crippen LogP contribution >= 0.6 is 0 Å². The predicted molar refractivity (Wildman–Crippen MR) is 280 cm³/mol. The Morgan fingerprint density at radius 3 is 1.63 bits per heavy atom. The summed E-state index contributed by atoms with van der Waals surface area (Å²) >= 11 is 0. The normalized spacial score (nSPS) is 14.9. The quantitative estimate of drug-likeness (QED) is 0.159. The summed E-state index contributed by atoms with van der Waals surface area (Å²) in [6.45, 7) is 4.69. The molecule has 0 fully saturated rings. The fraction of sp³-hybridized carbons (Fsp3) is 0.0625. The monoisotopic (exact) mass is 852 g/mol. The van der Waals surface area contributed by atoms with Crippen LogP contribution in [0.15, 0.2) is 237 Å². The van der Waals surface area contributed by atoms with E-state index in [1.54, 1.807) is 0 Å². The summed E-state index contributed by atoms with van der Waals surface area (Å²) in [6, 6.07) is 89.0. The van der Waals surface area contributed by atoms with Crippen LogP contribution in [-0.4, -0.2) is 6.85 Å². The molecule has 314 valence electrons. The molecular formula is C64H45BN2. The van der Waals surface area contributed by atoms with Gasteiger partial charge in [0.25, 0.3) is 0 Å². The van der Waals surface area contributed by atoms with Crippen molar-refractivity contribution in [3.8, 4) is 44.5 Å². The second-order valence-corrected chi connectivity index (χ2v) is 19.1. The number of anilines is 5. The van der Waals surface area contributed by atoms with Crippen molar-refractivity contribution in [3.05, 3.63) is 270 Å². The van der Waals surface area contributed by atoms with Crippen molar-refractivity contribution < 1.29 is 0 Å². The van der Waals surface area contributed by atoms with Gasteiger partial charge in [-0.2, -0.15) is 0 Å². The van der Waals surface area contributed by atoms with Crippen molar-refractivity contribution in [1.29, 1.82) is 0 Å². The number of nitrogens with zero attached hydrogens (tertiary/aromatic N) is 2. The minimum Gasteiger partial charge on any atom is -0.376 e. The molecule has 1 aliphatic carbocycles. The maximum Gasteiger partial charge on any atom is 0.333 e. The number of hydrogen-bond acceptors (Lipinski definition) is 2. The number of fused-ring (bicyclic) bond motifs is 9. The first-order valence-electron chi connectivity index (χ1n) is 23.6. The van der Waals surface area contributed by atoms with Gasteiger partial charge in [-0.15, -0.1) is 0 Å². The highest BCUT2D eigenvalue weighted by molar-refractivity contribution is 6.93. The molecule has 2 nitrogen and oxygen atoms in total. The lowest BCUT2D eigenvalue weighted by Gasteiger charge is -2.52. The molecule has 3 heterocycles. The summed E-state index contributed by atoms with van der Waals surface area (Å²) in [5.74, 6) is 0. The van der Waals surface area contributed by atoms with Gasteiger partial charge in [-0.1, -0.05) is 220 Å². The summed E-state index contributed by atoms with van der Waals surface area (Å²) in [7, 11) is 0. The maximum atomic E-state index is 2.75. The molecule has 0 aromatic heterocycles. The Morgan fingerprint density at radius 2 is 0.910 bits per heavy atom. The largest absolute Gasteiger partial charge is 0.376 e. The van der Waals surface area contributed by atoms with E-state index in [1.165, 1.54) is 117 Å². The molecule has 0 atom stereocenters. The van der Waals surface area contributed by atoms with Crippen LogP contribution in [0.25, 0.3) is 44.5 Å². The lowest BCUT2D eigenvalue weighted by atomic mass is 9.42. The first kappa shape index (κ1) is 38.2. The Hall–Kier alpha value is -8.14. The van der Waals surface area contributed by atoms with Crippen LogP contribution < -0.4 is 20.6 Å². The van der Waals surface area contributed by atoms with E-state index in [2.05, 4.69) is 260 Å². The highest BCUT2D eigenvalue weighted by Gasteiger charge is 2.54. The van der Waals surface area contributed by atoms with Crippen molar-refractivity contribution in [2.24, 2.45) is 0 Å². The third kappa shape index (κ3) is 5.17. The van der Waals surface area contributed by atoms with E-state index in [0.717, 1.165) is 0 Å². The predicted octanol–water partition coefficient (Wildman–Crippen LogP) is 14.7. The first-order chi connectivity index (χ1) is 33.0. The number of benzene rings is 10. The van der Waals surface area contributed by atoms with Gasteiger partial charge in [0, 0.05) is 33.7 Å². The molecule has 0 N–H and O–H groups in total. The molecule has 10 aromatic carbocycles. The maximum absolute atomic E-state index is 2.75. The number of rotatable bonds is 5. The van der Waals surface area contributed by atoms with E-state index in [1.807, 2.05) is 0 Å². The summed E-state index contributed by atoms with van der Waals surface area (Å²) in [5.41, 5.74) is 25.7. The van der Waals surface area contributed by atoms with Gasteiger partial charge in [0.1, 0.15) is 0 Å².